The van der Waals surface area contributed by atoms with E-state index >= 15 is 0 Å². The lowest BCUT2D eigenvalue weighted by Gasteiger charge is -1.98. The zero-order valence-electron chi connectivity index (χ0n) is 13.8. The maximum atomic E-state index is 12.1. The molecule has 0 saturated heterocycles. The van der Waals surface area contributed by atoms with Gasteiger partial charge in [0.15, 0.2) is 5.13 Å². The standard InChI is InChI=1S/C18H15ClN2O3S2/c1-2-24-16(23)9-11-10-25-18(20-11)21-15(22)8-7-14-17(19)12-5-3-4-6-13(12)26-14/h3-8,10H,2,9H2,1H3,(H,20,21,22)/b8-7+. The van der Waals surface area contributed by atoms with Crippen LogP contribution >= 0.6 is 34.3 Å². The first-order valence-electron chi connectivity index (χ1n) is 7.83. The molecule has 26 heavy (non-hydrogen) atoms. The number of carbonyl (C=O) groups excluding carboxylic acids is 2. The van der Waals surface area contributed by atoms with Gasteiger partial charge in [-0.3, -0.25) is 14.9 Å². The van der Waals surface area contributed by atoms with Gasteiger partial charge in [-0.15, -0.1) is 22.7 Å². The Morgan fingerprint density at radius 2 is 2.15 bits per heavy atom. The molecule has 0 fully saturated rings. The molecular formula is C18H15ClN2O3S2. The summed E-state index contributed by atoms with van der Waals surface area (Å²) >= 11 is 9.13. The van der Waals surface area contributed by atoms with E-state index in [4.69, 9.17) is 16.3 Å². The number of carbonyl (C=O) groups is 2. The molecule has 2 heterocycles. The average molecular weight is 407 g/mol. The Morgan fingerprint density at radius 1 is 1.35 bits per heavy atom. The fourth-order valence-electron chi connectivity index (χ4n) is 2.24. The number of benzene rings is 1. The van der Waals surface area contributed by atoms with Crippen molar-refractivity contribution < 1.29 is 14.3 Å². The van der Waals surface area contributed by atoms with Crippen molar-refractivity contribution in [3.8, 4) is 0 Å². The fourth-order valence-corrected chi connectivity index (χ4v) is 4.36. The summed E-state index contributed by atoms with van der Waals surface area (Å²) in [6.07, 6.45) is 3.20. The van der Waals surface area contributed by atoms with Crippen molar-refractivity contribution in [2.75, 3.05) is 11.9 Å². The maximum Gasteiger partial charge on any atom is 0.311 e. The number of hydrogen-bond donors (Lipinski definition) is 1. The number of thiophene rings is 1. The van der Waals surface area contributed by atoms with Crippen LogP contribution in [0.5, 0.6) is 0 Å². The minimum atomic E-state index is -0.338. The second-order valence-corrected chi connectivity index (χ2v) is 7.54. The summed E-state index contributed by atoms with van der Waals surface area (Å²) in [5.41, 5.74) is 0.570. The van der Waals surface area contributed by atoms with Crippen LogP contribution in [0.4, 0.5) is 5.13 Å². The summed E-state index contributed by atoms with van der Waals surface area (Å²) in [4.78, 5) is 28.6. The van der Waals surface area contributed by atoms with Crippen molar-refractivity contribution in [1.29, 1.82) is 0 Å². The number of aromatic nitrogens is 1. The highest BCUT2D eigenvalue weighted by Gasteiger charge is 2.10. The molecule has 1 N–H and O–H groups in total. The van der Waals surface area contributed by atoms with E-state index in [0.29, 0.717) is 22.5 Å². The number of nitrogens with one attached hydrogen (secondary N) is 1. The smallest absolute Gasteiger partial charge is 0.311 e. The van der Waals surface area contributed by atoms with E-state index in [1.165, 1.54) is 28.7 Å². The van der Waals surface area contributed by atoms with E-state index in [2.05, 4.69) is 10.3 Å². The minimum Gasteiger partial charge on any atom is -0.466 e. The van der Waals surface area contributed by atoms with Gasteiger partial charge in [0.1, 0.15) is 0 Å². The molecule has 5 nitrogen and oxygen atoms in total. The number of nitrogens with zero attached hydrogens (tertiary/aromatic N) is 1. The van der Waals surface area contributed by atoms with Crippen molar-refractivity contribution in [3.63, 3.8) is 0 Å². The quantitative estimate of drug-likeness (QED) is 0.473. The van der Waals surface area contributed by atoms with Crippen LogP contribution in [0.3, 0.4) is 0 Å². The molecule has 0 unspecified atom stereocenters. The van der Waals surface area contributed by atoms with E-state index < -0.39 is 0 Å². The number of fused-ring (bicyclic) bond motifs is 1. The van der Waals surface area contributed by atoms with Gasteiger partial charge in [-0.25, -0.2) is 4.98 Å². The summed E-state index contributed by atoms with van der Waals surface area (Å²) in [6, 6.07) is 7.82. The van der Waals surface area contributed by atoms with Crippen LogP contribution in [0.15, 0.2) is 35.7 Å². The zero-order valence-corrected chi connectivity index (χ0v) is 16.2. The molecule has 0 bridgehead atoms. The lowest BCUT2D eigenvalue weighted by Crippen LogP contribution is -2.09. The Balaban J connectivity index is 1.63. The second-order valence-electron chi connectivity index (χ2n) is 5.22. The molecule has 0 radical (unpaired) electrons. The number of amides is 1. The number of rotatable bonds is 6. The van der Waals surface area contributed by atoms with E-state index in [-0.39, 0.29) is 18.3 Å². The number of thiazole rings is 1. The highest BCUT2D eigenvalue weighted by molar-refractivity contribution is 7.20. The predicted molar refractivity (Wildman–Crippen MR) is 107 cm³/mol. The molecule has 8 heteroatoms. The second kappa shape index (κ2) is 8.44. The van der Waals surface area contributed by atoms with Crippen molar-refractivity contribution in [1.82, 2.24) is 4.98 Å². The maximum absolute atomic E-state index is 12.1. The third-order valence-electron chi connectivity index (χ3n) is 3.36. The summed E-state index contributed by atoms with van der Waals surface area (Å²) in [6.45, 7) is 2.08. The first kappa shape index (κ1) is 18.6. The van der Waals surface area contributed by atoms with Crippen LogP contribution in [-0.2, 0) is 20.7 Å². The van der Waals surface area contributed by atoms with Gasteiger partial charge in [-0.05, 0) is 19.1 Å². The third kappa shape index (κ3) is 4.49. The Hall–Kier alpha value is -2.22. The van der Waals surface area contributed by atoms with Crippen LogP contribution in [-0.4, -0.2) is 23.5 Å². The van der Waals surface area contributed by atoms with Gasteiger partial charge in [0, 0.05) is 26.4 Å². The normalized spacial score (nSPS) is 11.2. The van der Waals surface area contributed by atoms with Crippen molar-refractivity contribution in [2.45, 2.75) is 13.3 Å². The molecule has 3 aromatic rings. The summed E-state index contributed by atoms with van der Waals surface area (Å²) in [7, 11) is 0. The SMILES string of the molecule is CCOC(=O)Cc1csc(NC(=O)/C=C/c2sc3ccccc3c2Cl)n1. The number of esters is 1. The van der Waals surface area contributed by atoms with Gasteiger partial charge in [-0.1, -0.05) is 29.8 Å². The molecule has 0 saturated carbocycles. The Bertz CT molecular complexity index is 978. The lowest BCUT2D eigenvalue weighted by molar-refractivity contribution is -0.142. The van der Waals surface area contributed by atoms with Gasteiger partial charge in [0.05, 0.1) is 23.7 Å². The number of halogens is 1. The molecule has 0 spiro atoms. The summed E-state index contributed by atoms with van der Waals surface area (Å²) < 4.78 is 5.95. The Kier molecular flexibility index (Phi) is 6.03. The highest BCUT2D eigenvalue weighted by atomic mass is 35.5. The molecule has 0 aliphatic heterocycles. The lowest BCUT2D eigenvalue weighted by atomic mass is 10.2. The van der Waals surface area contributed by atoms with E-state index in [0.717, 1.165) is 15.0 Å². The largest absolute Gasteiger partial charge is 0.466 e. The van der Waals surface area contributed by atoms with E-state index in [1.54, 1.807) is 18.4 Å². The van der Waals surface area contributed by atoms with Gasteiger partial charge in [0.2, 0.25) is 5.91 Å². The first-order chi connectivity index (χ1) is 12.6. The van der Waals surface area contributed by atoms with Crippen LogP contribution in [0.25, 0.3) is 16.2 Å². The predicted octanol–water partition coefficient (Wildman–Crippen LogP) is 4.77. The number of ether oxygens (including phenoxy) is 1. The van der Waals surface area contributed by atoms with Crippen molar-refractivity contribution in [2.24, 2.45) is 0 Å². The monoisotopic (exact) mass is 406 g/mol. The fraction of sp³-hybridized carbons (Fsp3) is 0.167. The van der Waals surface area contributed by atoms with Crippen LogP contribution in [0.2, 0.25) is 5.02 Å². The van der Waals surface area contributed by atoms with Gasteiger partial charge in [0.25, 0.3) is 0 Å². The molecule has 0 atom stereocenters. The minimum absolute atomic E-state index is 0.0907. The molecular weight excluding hydrogens is 392 g/mol. The number of anilines is 1. The molecule has 0 aliphatic rings. The Labute approximate surface area is 163 Å². The molecule has 3 rings (SSSR count). The van der Waals surface area contributed by atoms with Crippen LogP contribution in [0.1, 0.15) is 17.5 Å². The van der Waals surface area contributed by atoms with Gasteiger partial charge in [-0.2, -0.15) is 0 Å². The van der Waals surface area contributed by atoms with Crippen molar-refractivity contribution in [3.05, 3.63) is 51.3 Å². The summed E-state index contributed by atoms with van der Waals surface area (Å²) in [5, 5.41) is 6.45. The average Bonchev–Trinajstić information content (AvgIpc) is 3.18. The molecule has 1 amide bonds. The van der Waals surface area contributed by atoms with Gasteiger partial charge >= 0.3 is 5.97 Å². The molecule has 2 aromatic heterocycles. The highest BCUT2D eigenvalue weighted by Crippen LogP contribution is 2.35. The first-order valence-corrected chi connectivity index (χ1v) is 9.90. The van der Waals surface area contributed by atoms with Crippen molar-refractivity contribution >= 4 is 67.4 Å². The third-order valence-corrected chi connectivity index (χ3v) is 5.82. The van der Waals surface area contributed by atoms with Gasteiger partial charge < -0.3 is 4.74 Å². The Morgan fingerprint density at radius 3 is 2.92 bits per heavy atom. The summed E-state index contributed by atoms with van der Waals surface area (Å²) in [5.74, 6) is -0.648. The topological polar surface area (TPSA) is 68.3 Å². The molecule has 134 valence electrons. The van der Waals surface area contributed by atoms with Crippen LogP contribution in [0, 0.1) is 0 Å². The zero-order chi connectivity index (χ0) is 18.5. The molecule has 0 aliphatic carbocycles. The van der Waals surface area contributed by atoms with Crippen LogP contribution < -0.4 is 5.32 Å². The molecule has 1 aromatic carbocycles. The number of hydrogen-bond acceptors (Lipinski definition) is 6. The van der Waals surface area contributed by atoms with E-state index in [1.807, 2.05) is 24.3 Å². The van der Waals surface area contributed by atoms with E-state index in [9.17, 15) is 9.59 Å².